The summed E-state index contributed by atoms with van der Waals surface area (Å²) in [5.74, 6) is 0.325. The molecule has 0 heterocycles. The zero-order valence-electron chi connectivity index (χ0n) is 8.79. The van der Waals surface area contributed by atoms with Crippen molar-refractivity contribution in [2.45, 2.75) is 0 Å². The number of amides is 1. The van der Waals surface area contributed by atoms with Crippen molar-refractivity contribution in [3.05, 3.63) is 24.3 Å². The second kappa shape index (κ2) is 7.94. The van der Waals surface area contributed by atoms with Crippen LogP contribution in [0.25, 0.3) is 0 Å². The predicted octanol–water partition coefficient (Wildman–Crippen LogP) is 1.45. The highest BCUT2D eigenvalue weighted by molar-refractivity contribution is 6.27. The maximum Gasteiger partial charge on any atom is 0.232 e. The SMILES string of the molecule is CNc1ccc(OC)cc1.NC(=O)CCl. The van der Waals surface area contributed by atoms with Crippen molar-refractivity contribution in [2.75, 3.05) is 25.4 Å². The van der Waals surface area contributed by atoms with Gasteiger partial charge >= 0.3 is 0 Å². The van der Waals surface area contributed by atoms with Crippen LogP contribution in [0.3, 0.4) is 0 Å². The highest BCUT2D eigenvalue weighted by Gasteiger charge is 1.88. The van der Waals surface area contributed by atoms with E-state index in [1.54, 1.807) is 7.11 Å². The van der Waals surface area contributed by atoms with Gasteiger partial charge in [0, 0.05) is 12.7 Å². The summed E-state index contributed by atoms with van der Waals surface area (Å²) in [5.41, 5.74) is 5.62. The fourth-order valence-electron chi connectivity index (χ4n) is 0.758. The summed E-state index contributed by atoms with van der Waals surface area (Å²) in [6, 6.07) is 7.79. The van der Waals surface area contributed by atoms with E-state index in [-0.39, 0.29) is 5.88 Å². The third-order valence-electron chi connectivity index (χ3n) is 1.51. The Morgan fingerprint density at radius 2 is 1.93 bits per heavy atom. The Labute approximate surface area is 94.4 Å². The summed E-state index contributed by atoms with van der Waals surface area (Å²) in [6.07, 6.45) is 0. The number of rotatable bonds is 3. The van der Waals surface area contributed by atoms with Crippen molar-refractivity contribution in [3.8, 4) is 5.75 Å². The van der Waals surface area contributed by atoms with E-state index in [9.17, 15) is 4.79 Å². The van der Waals surface area contributed by atoms with Crippen molar-refractivity contribution in [3.63, 3.8) is 0 Å². The van der Waals surface area contributed by atoms with Crippen LogP contribution in [0, 0.1) is 0 Å². The predicted molar refractivity (Wildman–Crippen MR) is 62.5 cm³/mol. The smallest absolute Gasteiger partial charge is 0.232 e. The first kappa shape index (κ1) is 13.6. The van der Waals surface area contributed by atoms with Crippen LogP contribution in [0.2, 0.25) is 0 Å². The first-order valence-corrected chi connectivity index (χ1v) is 4.83. The number of carbonyl (C=O) groups is 1. The lowest BCUT2D eigenvalue weighted by Gasteiger charge is -2.00. The molecule has 0 aliphatic rings. The van der Waals surface area contributed by atoms with E-state index in [0.29, 0.717) is 0 Å². The number of nitrogens with one attached hydrogen (secondary N) is 1. The molecular formula is C10H15ClN2O2. The number of alkyl halides is 1. The number of benzene rings is 1. The number of hydrogen-bond donors (Lipinski definition) is 2. The third kappa shape index (κ3) is 6.62. The Morgan fingerprint density at radius 3 is 2.20 bits per heavy atom. The Bertz CT molecular complexity index is 265. The number of halogens is 1. The molecular weight excluding hydrogens is 216 g/mol. The first-order valence-electron chi connectivity index (χ1n) is 4.30. The zero-order valence-corrected chi connectivity index (χ0v) is 9.54. The summed E-state index contributed by atoms with van der Waals surface area (Å²) >= 11 is 4.86. The minimum absolute atomic E-state index is 0.0833. The van der Waals surface area contributed by atoms with Crippen molar-refractivity contribution in [2.24, 2.45) is 5.73 Å². The van der Waals surface area contributed by atoms with Gasteiger partial charge in [-0.2, -0.15) is 0 Å². The summed E-state index contributed by atoms with van der Waals surface area (Å²) < 4.78 is 4.99. The highest BCUT2D eigenvalue weighted by Crippen LogP contribution is 2.13. The zero-order chi connectivity index (χ0) is 11.7. The quantitative estimate of drug-likeness (QED) is 0.773. The maximum absolute atomic E-state index is 9.46. The largest absolute Gasteiger partial charge is 0.497 e. The highest BCUT2D eigenvalue weighted by atomic mass is 35.5. The van der Waals surface area contributed by atoms with Gasteiger partial charge in [-0.1, -0.05) is 0 Å². The summed E-state index contributed by atoms with van der Waals surface area (Å²) in [5, 5.41) is 3.02. The molecule has 0 radical (unpaired) electrons. The Kier molecular flexibility index (Phi) is 7.18. The molecule has 0 aliphatic carbocycles. The van der Waals surface area contributed by atoms with Crippen LogP contribution in [0.15, 0.2) is 24.3 Å². The molecule has 0 aromatic heterocycles. The average Bonchev–Trinajstić information content (AvgIpc) is 2.30. The molecule has 1 aromatic carbocycles. The van der Waals surface area contributed by atoms with E-state index in [1.165, 1.54) is 0 Å². The minimum atomic E-state index is -0.480. The standard InChI is InChI=1S/C8H11NO.C2H4ClNO/c1-9-7-3-5-8(10-2)6-4-7;3-1-2(4)5/h3-6,9H,1-2H3;1H2,(H2,4,5). The molecule has 1 rings (SSSR count). The monoisotopic (exact) mass is 230 g/mol. The molecule has 0 spiro atoms. The van der Waals surface area contributed by atoms with Crippen LogP contribution in [0.5, 0.6) is 5.75 Å². The van der Waals surface area contributed by atoms with Crippen molar-refractivity contribution in [1.82, 2.24) is 0 Å². The summed E-state index contributed by atoms with van der Waals surface area (Å²) in [6.45, 7) is 0. The van der Waals surface area contributed by atoms with Gasteiger partial charge in [0.25, 0.3) is 0 Å². The Balaban J connectivity index is 0.000000336. The number of nitrogens with two attached hydrogens (primary N) is 1. The van der Waals surface area contributed by atoms with Gasteiger partial charge in [0.05, 0.1) is 7.11 Å². The van der Waals surface area contributed by atoms with Gasteiger partial charge in [-0.3, -0.25) is 4.79 Å². The minimum Gasteiger partial charge on any atom is -0.497 e. The molecule has 15 heavy (non-hydrogen) atoms. The fraction of sp³-hybridized carbons (Fsp3) is 0.300. The van der Waals surface area contributed by atoms with Crippen molar-refractivity contribution in [1.29, 1.82) is 0 Å². The Morgan fingerprint density at radius 1 is 1.47 bits per heavy atom. The van der Waals surface area contributed by atoms with Crippen molar-refractivity contribution >= 4 is 23.2 Å². The molecule has 3 N–H and O–H groups in total. The van der Waals surface area contributed by atoms with Crippen LogP contribution in [0.1, 0.15) is 0 Å². The second-order valence-corrected chi connectivity index (χ2v) is 2.85. The van der Waals surface area contributed by atoms with E-state index in [1.807, 2.05) is 31.3 Å². The fourth-order valence-corrected chi connectivity index (χ4v) is 0.758. The molecule has 0 fully saturated rings. The molecule has 0 unspecified atom stereocenters. The van der Waals surface area contributed by atoms with E-state index < -0.39 is 5.91 Å². The van der Waals surface area contributed by atoms with Gasteiger partial charge in [-0.15, -0.1) is 11.6 Å². The molecule has 5 heteroatoms. The van der Waals surface area contributed by atoms with Gasteiger partial charge in [0.15, 0.2) is 0 Å². The van der Waals surface area contributed by atoms with Crippen LogP contribution in [-0.4, -0.2) is 25.9 Å². The van der Waals surface area contributed by atoms with Gasteiger partial charge in [-0.05, 0) is 24.3 Å². The van der Waals surface area contributed by atoms with Gasteiger partial charge in [-0.25, -0.2) is 0 Å². The van der Waals surface area contributed by atoms with Crippen LogP contribution in [0.4, 0.5) is 5.69 Å². The summed E-state index contributed by atoms with van der Waals surface area (Å²) in [7, 11) is 3.55. The van der Waals surface area contributed by atoms with Gasteiger partial charge in [0.2, 0.25) is 5.91 Å². The summed E-state index contributed by atoms with van der Waals surface area (Å²) in [4.78, 5) is 9.46. The molecule has 0 saturated heterocycles. The lowest BCUT2D eigenvalue weighted by molar-refractivity contribution is -0.115. The van der Waals surface area contributed by atoms with Crippen LogP contribution < -0.4 is 15.8 Å². The number of carbonyl (C=O) groups excluding carboxylic acids is 1. The second-order valence-electron chi connectivity index (χ2n) is 2.58. The van der Waals surface area contributed by atoms with Crippen molar-refractivity contribution < 1.29 is 9.53 Å². The lowest BCUT2D eigenvalue weighted by atomic mass is 10.3. The molecule has 0 bridgehead atoms. The normalized spacial score (nSPS) is 8.47. The molecule has 0 aliphatic heterocycles. The number of ether oxygens (including phenoxy) is 1. The molecule has 0 atom stereocenters. The molecule has 1 aromatic rings. The third-order valence-corrected chi connectivity index (χ3v) is 1.77. The van der Waals surface area contributed by atoms with Crippen LogP contribution >= 0.6 is 11.6 Å². The Hall–Kier alpha value is -1.42. The molecule has 84 valence electrons. The molecule has 1 amide bonds. The van der Waals surface area contributed by atoms with E-state index in [2.05, 4.69) is 11.1 Å². The maximum atomic E-state index is 9.46. The topological polar surface area (TPSA) is 64.3 Å². The first-order chi connectivity index (χ1) is 7.13. The van der Waals surface area contributed by atoms with E-state index >= 15 is 0 Å². The van der Waals surface area contributed by atoms with Crippen LogP contribution in [-0.2, 0) is 4.79 Å². The number of anilines is 1. The molecule has 0 saturated carbocycles. The number of hydrogen-bond acceptors (Lipinski definition) is 3. The lowest BCUT2D eigenvalue weighted by Crippen LogP contribution is -2.10. The van der Waals surface area contributed by atoms with E-state index in [4.69, 9.17) is 16.3 Å². The van der Waals surface area contributed by atoms with Gasteiger partial charge < -0.3 is 15.8 Å². The average molecular weight is 231 g/mol. The van der Waals surface area contributed by atoms with Gasteiger partial charge in [0.1, 0.15) is 11.6 Å². The molecule has 4 nitrogen and oxygen atoms in total. The number of methoxy groups -OCH3 is 1. The number of primary amides is 1. The van der Waals surface area contributed by atoms with E-state index in [0.717, 1.165) is 11.4 Å².